The van der Waals surface area contributed by atoms with Crippen LogP contribution in [0, 0.1) is 6.92 Å². The summed E-state index contributed by atoms with van der Waals surface area (Å²) in [4.78, 5) is 2.15. The van der Waals surface area contributed by atoms with E-state index in [-0.39, 0.29) is 0 Å². The van der Waals surface area contributed by atoms with Crippen molar-refractivity contribution in [2.24, 2.45) is 0 Å². The molecule has 0 radical (unpaired) electrons. The lowest BCUT2D eigenvalue weighted by Gasteiger charge is -2.18. The topological polar surface area (TPSA) is 15.3 Å². The summed E-state index contributed by atoms with van der Waals surface area (Å²) in [6.45, 7) is 2.16. The van der Waals surface area contributed by atoms with Crippen LogP contribution in [0.2, 0.25) is 0 Å². The van der Waals surface area contributed by atoms with Crippen LogP contribution in [0.25, 0.3) is 10.8 Å². The van der Waals surface area contributed by atoms with Crippen molar-refractivity contribution in [1.82, 2.24) is 0 Å². The standard InChI is InChI=1S/C14H18N2/c1-10-6-5-7-11-13(16(3)4)9-8-12(15-2)14(10)11/h5-9,15H,1-4H3. The van der Waals surface area contributed by atoms with Crippen LogP contribution in [0.3, 0.4) is 0 Å². The molecule has 2 aromatic rings. The van der Waals surface area contributed by atoms with Crippen molar-refractivity contribution in [3.05, 3.63) is 35.9 Å². The van der Waals surface area contributed by atoms with Crippen molar-refractivity contribution in [3.8, 4) is 0 Å². The second-order valence-corrected chi connectivity index (χ2v) is 4.27. The Morgan fingerprint density at radius 1 is 1.06 bits per heavy atom. The van der Waals surface area contributed by atoms with E-state index < -0.39 is 0 Å². The minimum Gasteiger partial charge on any atom is -0.388 e. The number of benzene rings is 2. The van der Waals surface area contributed by atoms with Gasteiger partial charge in [-0.3, -0.25) is 0 Å². The van der Waals surface area contributed by atoms with Crippen molar-refractivity contribution in [3.63, 3.8) is 0 Å². The van der Waals surface area contributed by atoms with Gasteiger partial charge in [-0.05, 0) is 24.6 Å². The highest BCUT2D eigenvalue weighted by atomic mass is 15.1. The zero-order valence-corrected chi connectivity index (χ0v) is 10.3. The number of nitrogens with one attached hydrogen (secondary N) is 1. The maximum absolute atomic E-state index is 3.26. The van der Waals surface area contributed by atoms with Gasteiger partial charge in [0.05, 0.1) is 0 Å². The van der Waals surface area contributed by atoms with E-state index in [4.69, 9.17) is 0 Å². The number of hydrogen-bond acceptors (Lipinski definition) is 2. The van der Waals surface area contributed by atoms with Gasteiger partial charge in [0.25, 0.3) is 0 Å². The van der Waals surface area contributed by atoms with Crippen LogP contribution in [-0.4, -0.2) is 21.1 Å². The van der Waals surface area contributed by atoms with Crippen LogP contribution in [0.5, 0.6) is 0 Å². The van der Waals surface area contributed by atoms with Crippen LogP contribution in [0.4, 0.5) is 11.4 Å². The van der Waals surface area contributed by atoms with Gasteiger partial charge in [-0.25, -0.2) is 0 Å². The van der Waals surface area contributed by atoms with E-state index in [0.29, 0.717) is 0 Å². The number of anilines is 2. The molecule has 0 unspecified atom stereocenters. The fourth-order valence-electron chi connectivity index (χ4n) is 2.17. The second kappa shape index (κ2) is 4.05. The molecular formula is C14H18N2. The quantitative estimate of drug-likeness (QED) is 0.825. The van der Waals surface area contributed by atoms with Gasteiger partial charge < -0.3 is 10.2 Å². The third-order valence-corrected chi connectivity index (χ3v) is 2.98. The molecular weight excluding hydrogens is 196 g/mol. The fraction of sp³-hybridized carbons (Fsp3) is 0.286. The number of rotatable bonds is 2. The van der Waals surface area contributed by atoms with E-state index in [1.54, 1.807) is 0 Å². The van der Waals surface area contributed by atoms with Crippen LogP contribution < -0.4 is 10.2 Å². The third-order valence-electron chi connectivity index (χ3n) is 2.98. The van der Waals surface area contributed by atoms with Crippen molar-refractivity contribution in [2.75, 3.05) is 31.4 Å². The third kappa shape index (κ3) is 1.60. The van der Waals surface area contributed by atoms with E-state index in [1.165, 1.54) is 27.7 Å². The SMILES string of the molecule is CNc1ccc(N(C)C)c2cccc(C)c12. The summed E-state index contributed by atoms with van der Waals surface area (Å²) in [6.07, 6.45) is 0. The van der Waals surface area contributed by atoms with Crippen LogP contribution >= 0.6 is 0 Å². The lowest BCUT2D eigenvalue weighted by Crippen LogP contribution is -2.09. The van der Waals surface area contributed by atoms with Crippen molar-refractivity contribution >= 4 is 22.1 Å². The maximum atomic E-state index is 3.26. The number of hydrogen-bond donors (Lipinski definition) is 1. The van der Waals surface area contributed by atoms with E-state index in [2.05, 4.69) is 61.6 Å². The first-order valence-corrected chi connectivity index (χ1v) is 5.52. The lowest BCUT2D eigenvalue weighted by molar-refractivity contribution is 1.14. The average Bonchev–Trinajstić information content (AvgIpc) is 2.27. The Bertz CT molecular complexity index is 515. The highest BCUT2D eigenvalue weighted by molar-refractivity contribution is 6.03. The minimum absolute atomic E-state index is 1.19. The van der Waals surface area contributed by atoms with E-state index in [1.807, 2.05) is 7.05 Å². The van der Waals surface area contributed by atoms with E-state index in [0.717, 1.165) is 0 Å². The van der Waals surface area contributed by atoms with Gasteiger partial charge >= 0.3 is 0 Å². The first kappa shape index (κ1) is 10.8. The second-order valence-electron chi connectivity index (χ2n) is 4.27. The Morgan fingerprint density at radius 3 is 2.44 bits per heavy atom. The molecule has 0 atom stereocenters. The predicted octanol–water partition coefficient (Wildman–Crippen LogP) is 3.26. The summed E-state index contributed by atoms with van der Waals surface area (Å²) >= 11 is 0. The molecule has 2 nitrogen and oxygen atoms in total. The van der Waals surface area contributed by atoms with Crippen molar-refractivity contribution in [2.45, 2.75) is 6.92 Å². The Kier molecular flexibility index (Phi) is 2.73. The predicted molar refractivity (Wildman–Crippen MR) is 72.6 cm³/mol. The Balaban J connectivity index is 2.85. The zero-order chi connectivity index (χ0) is 11.7. The first-order chi connectivity index (χ1) is 7.65. The van der Waals surface area contributed by atoms with Gasteiger partial charge in [0.15, 0.2) is 0 Å². The Labute approximate surface area is 96.9 Å². The Morgan fingerprint density at radius 2 is 1.81 bits per heavy atom. The molecule has 0 heterocycles. The van der Waals surface area contributed by atoms with Crippen LogP contribution in [0.1, 0.15) is 5.56 Å². The summed E-state index contributed by atoms with van der Waals surface area (Å²) in [7, 11) is 6.13. The molecule has 1 N–H and O–H groups in total. The molecule has 2 rings (SSSR count). The molecule has 0 saturated carbocycles. The normalized spacial score (nSPS) is 10.5. The largest absolute Gasteiger partial charge is 0.388 e. The minimum atomic E-state index is 1.19. The van der Waals surface area contributed by atoms with Gasteiger partial charge in [0.2, 0.25) is 0 Å². The van der Waals surface area contributed by atoms with E-state index in [9.17, 15) is 0 Å². The fourth-order valence-corrected chi connectivity index (χ4v) is 2.17. The molecule has 0 fully saturated rings. The molecule has 2 heteroatoms. The monoisotopic (exact) mass is 214 g/mol. The molecule has 0 amide bonds. The molecule has 2 aromatic carbocycles. The van der Waals surface area contributed by atoms with Crippen LogP contribution in [0.15, 0.2) is 30.3 Å². The number of aryl methyl sites for hydroxylation is 1. The van der Waals surface area contributed by atoms with E-state index >= 15 is 0 Å². The van der Waals surface area contributed by atoms with Gasteiger partial charge in [-0.1, -0.05) is 18.2 Å². The molecule has 0 spiro atoms. The summed E-state index contributed by atoms with van der Waals surface area (Å²) in [5, 5.41) is 5.88. The molecule has 0 aliphatic heterocycles. The van der Waals surface area contributed by atoms with Crippen LogP contribution in [-0.2, 0) is 0 Å². The molecule has 0 aliphatic rings. The zero-order valence-electron chi connectivity index (χ0n) is 10.3. The molecule has 0 aromatic heterocycles. The summed E-state index contributed by atoms with van der Waals surface area (Å²) < 4.78 is 0. The number of nitrogens with zero attached hydrogens (tertiary/aromatic N) is 1. The average molecular weight is 214 g/mol. The summed E-state index contributed by atoms with van der Waals surface area (Å²) in [5.41, 5.74) is 3.77. The highest BCUT2D eigenvalue weighted by Crippen LogP contribution is 2.33. The highest BCUT2D eigenvalue weighted by Gasteiger charge is 2.08. The number of fused-ring (bicyclic) bond motifs is 1. The van der Waals surface area contributed by atoms with Gasteiger partial charge in [0.1, 0.15) is 0 Å². The molecule has 0 saturated heterocycles. The smallest absolute Gasteiger partial charge is 0.0442 e. The lowest BCUT2D eigenvalue weighted by atomic mass is 10.0. The Hall–Kier alpha value is -1.70. The first-order valence-electron chi connectivity index (χ1n) is 5.52. The van der Waals surface area contributed by atoms with Gasteiger partial charge in [0, 0.05) is 43.3 Å². The maximum Gasteiger partial charge on any atom is 0.0442 e. The van der Waals surface area contributed by atoms with Gasteiger partial charge in [-0.2, -0.15) is 0 Å². The molecule has 0 aliphatic carbocycles. The van der Waals surface area contributed by atoms with Crippen molar-refractivity contribution in [1.29, 1.82) is 0 Å². The summed E-state index contributed by atoms with van der Waals surface area (Å²) in [5.74, 6) is 0. The van der Waals surface area contributed by atoms with Crippen molar-refractivity contribution < 1.29 is 0 Å². The summed E-state index contributed by atoms with van der Waals surface area (Å²) in [6, 6.07) is 10.8. The molecule has 0 bridgehead atoms. The van der Waals surface area contributed by atoms with Gasteiger partial charge in [-0.15, -0.1) is 0 Å². The molecule has 16 heavy (non-hydrogen) atoms. The molecule has 84 valence electrons.